The Balaban J connectivity index is 1.61. The van der Waals surface area contributed by atoms with E-state index in [1.54, 1.807) is 7.05 Å². The van der Waals surface area contributed by atoms with Gasteiger partial charge in [-0.25, -0.2) is 4.79 Å². The van der Waals surface area contributed by atoms with Gasteiger partial charge < -0.3 is 14.8 Å². The molecule has 0 unspecified atom stereocenters. The van der Waals surface area contributed by atoms with E-state index in [1.807, 2.05) is 18.2 Å². The van der Waals surface area contributed by atoms with Crippen molar-refractivity contribution in [3.8, 4) is 0 Å². The molecule has 0 aliphatic carbocycles. The van der Waals surface area contributed by atoms with E-state index in [-0.39, 0.29) is 11.2 Å². The predicted molar refractivity (Wildman–Crippen MR) is 107 cm³/mol. The minimum atomic E-state index is -0.383. The number of nitrogens with one attached hydrogen (secondary N) is 1. The van der Waals surface area contributed by atoms with Gasteiger partial charge in [-0.15, -0.1) is 0 Å². The Morgan fingerprint density at radius 3 is 2.41 bits per heavy atom. The van der Waals surface area contributed by atoms with E-state index in [4.69, 9.17) is 11.6 Å². The van der Waals surface area contributed by atoms with Gasteiger partial charge in [0, 0.05) is 51.0 Å². The van der Waals surface area contributed by atoms with Crippen molar-refractivity contribution in [1.29, 1.82) is 0 Å². The highest BCUT2D eigenvalue weighted by atomic mass is 35.5. The minimum absolute atomic E-state index is 0.350. The molecule has 0 amide bonds. The summed E-state index contributed by atoms with van der Waals surface area (Å²) in [4.78, 5) is 36.4. The number of rotatable bonds is 2. The quantitative estimate of drug-likeness (QED) is 0.714. The van der Waals surface area contributed by atoms with Crippen molar-refractivity contribution in [3.05, 3.63) is 49.6 Å². The molecule has 1 fully saturated rings. The van der Waals surface area contributed by atoms with Crippen LogP contribution in [0.1, 0.15) is 5.56 Å². The number of anilines is 2. The molecule has 0 spiro atoms. The fourth-order valence-electron chi connectivity index (χ4n) is 3.55. The maximum atomic E-state index is 12.3. The second kappa shape index (κ2) is 6.45. The first-order chi connectivity index (χ1) is 12.9. The molecule has 2 aromatic heterocycles. The Morgan fingerprint density at radius 1 is 1.04 bits per heavy atom. The molecule has 27 heavy (non-hydrogen) atoms. The molecular weight excluding hydrogens is 368 g/mol. The van der Waals surface area contributed by atoms with Crippen LogP contribution in [0.4, 0.5) is 11.6 Å². The number of fused-ring (bicyclic) bond motifs is 1. The third-order valence-corrected chi connectivity index (χ3v) is 5.41. The molecule has 0 saturated carbocycles. The van der Waals surface area contributed by atoms with Crippen LogP contribution in [0, 0.1) is 6.92 Å². The number of aryl methyl sites for hydroxylation is 2. The Kier molecular flexibility index (Phi) is 4.22. The van der Waals surface area contributed by atoms with Crippen molar-refractivity contribution in [2.75, 3.05) is 36.0 Å². The van der Waals surface area contributed by atoms with Crippen LogP contribution < -0.4 is 21.0 Å². The number of halogens is 1. The number of hydrogen-bond acceptors (Lipinski definition) is 5. The molecule has 1 aromatic carbocycles. The van der Waals surface area contributed by atoms with E-state index < -0.39 is 0 Å². The summed E-state index contributed by atoms with van der Waals surface area (Å²) in [6.45, 7) is 5.21. The standard InChI is InChI=1S/C18H21ClN6O2/c1-11-4-5-12(19)10-13(11)24-6-8-25(9-7-24)17-20-14-15(21-17)22(2)18(27)23(3)16(14)26/h4-5,10H,6-9H2,1-3H3,(H,20,21). The molecule has 142 valence electrons. The number of piperazine rings is 1. The Hall–Kier alpha value is -2.74. The molecule has 1 saturated heterocycles. The molecule has 8 nitrogen and oxygen atoms in total. The van der Waals surface area contributed by atoms with Crippen LogP contribution in [0.5, 0.6) is 0 Å². The van der Waals surface area contributed by atoms with Crippen LogP contribution in [0.25, 0.3) is 11.2 Å². The van der Waals surface area contributed by atoms with Gasteiger partial charge in [0.25, 0.3) is 5.56 Å². The first kappa shape index (κ1) is 17.7. The molecule has 0 bridgehead atoms. The second-order valence-corrected chi connectivity index (χ2v) is 7.31. The molecule has 9 heteroatoms. The number of aromatic nitrogens is 4. The molecule has 3 aromatic rings. The van der Waals surface area contributed by atoms with Crippen molar-refractivity contribution < 1.29 is 0 Å². The van der Waals surface area contributed by atoms with E-state index in [2.05, 4.69) is 26.7 Å². The number of nitrogens with zero attached hydrogens (tertiary/aromatic N) is 5. The number of H-pyrrole nitrogens is 1. The molecule has 3 heterocycles. The van der Waals surface area contributed by atoms with Crippen molar-refractivity contribution in [3.63, 3.8) is 0 Å². The Bertz CT molecular complexity index is 1140. The summed E-state index contributed by atoms with van der Waals surface area (Å²) in [5, 5.41) is 0.729. The lowest BCUT2D eigenvalue weighted by atomic mass is 10.1. The summed E-state index contributed by atoms with van der Waals surface area (Å²) in [6.07, 6.45) is 0. The highest BCUT2D eigenvalue weighted by molar-refractivity contribution is 6.30. The monoisotopic (exact) mass is 388 g/mol. The number of imidazole rings is 1. The van der Waals surface area contributed by atoms with Crippen molar-refractivity contribution in [1.82, 2.24) is 19.1 Å². The van der Waals surface area contributed by atoms with Gasteiger partial charge >= 0.3 is 5.69 Å². The maximum absolute atomic E-state index is 12.3. The van der Waals surface area contributed by atoms with Crippen LogP contribution in [-0.2, 0) is 14.1 Å². The molecule has 1 aliphatic heterocycles. The molecule has 4 rings (SSSR count). The highest BCUT2D eigenvalue weighted by Crippen LogP contribution is 2.26. The zero-order chi connectivity index (χ0) is 19.3. The summed E-state index contributed by atoms with van der Waals surface area (Å²) >= 11 is 6.15. The molecule has 1 N–H and O–H groups in total. The van der Waals surface area contributed by atoms with Crippen LogP contribution in [0.15, 0.2) is 27.8 Å². The average Bonchev–Trinajstić information content (AvgIpc) is 3.12. The first-order valence-electron chi connectivity index (χ1n) is 8.78. The van der Waals surface area contributed by atoms with Gasteiger partial charge in [0.15, 0.2) is 11.2 Å². The van der Waals surface area contributed by atoms with Gasteiger partial charge in [-0.2, -0.15) is 4.98 Å². The fourth-order valence-corrected chi connectivity index (χ4v) is 3.71. The molecule has 0 atom stereocenters. The summed E-state index contributed by atoms with van der Waals surface area (Å²) in [5.74, 6) is 0.616. The van der Waals surface area contributed by atoms with E-state index in [1.165, 1.54) is 17.2 Å². The average molecular weight is 389 g/mol. The van der Waals surface area contributed by atoms with E-state index >= 15 is 0 Å². The summed E-state index contributed by atoms with van der Waals surface area (Å²) in [6, 6.07) is 5.92. The fraction of sp³-hybridized carbons (Fsp3) is 0.389. The number of benzene rings is 1. The third-order valence-electron chi connectivity index (χ3n) is 5.17. The van der Waals surface area contributed by atoms with Crippen LogP contribution >= 0.6 is 11.6 Å². The van der Waals surface area contributed by atoms with E-state index in [0.717, 1.165) is 41.5 Å². The third kappa shape index (κ3) is 2.90. The number of hydrogen-bond donors (Lipinski definition) is 1. The predicted octanol–water partition coefficient (Wildman–Crippen LogP) is 1.25. The molecule has 0 radical (unpaired) electrons. The second-order valence-electron chi connectivity index (χ2n) is 6.87. The van der Waals surface area contributed by atoms with E-state index in [9.17, 15) is 9.59 Å². The van der Waals surface area contributed by atoms with Crippen LogP contribution in [-0.4, -0.2) is 45.3 Å². The largest absolute Gasteiger partial charge is 0.368 e. The smallest absolute Gasteiger partial charge is 0.332 e. The maximum Gasteiger partial charge on any atom is 0.332 e. The van der Waals surface area contributed by atoms with Crippen molar-refractivity contribution in [2.45, 2.75) is 6.92 Å². The summed E-state index contributed by atoms with van der Waals surface area (Å²) in [7, 11) is 3.09. The lowest BCUT2D eigenvalue weighted by Crippen LogP contribution is -2.47. The van der Waals surface area contributed by atoms with Crippen molar-refractivity contribution >= 4 is 34.4 Å². The normalized spacial score (nSPS) is 15.0. The van der Waals surface area contributed by atoms with Crippen molar-refractivity contribution in [2.24, 2.45) is 14.1 Å². The number of aromatic amines is 1. The SMILES string of the molecule is Cc1ccc(Cl)cc1N1CCN(c2nc3c([nH]2)c(=O)n(C)c(=O)n3C)CC1. The van der Waals surface area contributed by atoms with Gasteiger partial charge in [-0.3, -0.25) is 13.9 Å². The van der Waals surface area contributed by atoms with Gasteiger partial charge in [-0.05, 0) is 24.6 Å². The van der Waals surface area contributed by atoms with Crippen LogP contribution in [0.2, 0.25) is 5.02 Å². The molecule has 1 aliphatic rings. The van der Waals surface area contributed by atoms with Gasteiger partial charge in [0.1, 0.15) is 0 Å². The topological polar surface area (TPSA) is 79.2 Å². The summed E-state index contributed by atoms with van der Waals surface area (Å²) < 4.78 is 2.48. The van der Waals surface area contributed by atoms with Gasteiger partial charge in [-0.1, -0.05) is 17.7 Å². The summed E-state index contributed by atoms with van der Waals surface area (Å²) in [5.41, 5.74) is 2.32. The van der Waals surface area contributed by atoms with Gasteiger partial charge in [0.05, 0.1) is 0 Å². The molecular formula is C18H21ClN6O2. The zero-order valence-corrected chi connectivity index (χ0v) is 16.2. The van der Waals surface area contributed by atoms with Crippen LogP contribution in [0.3, 0.4) is 0 Å². The Labute approximate surface area is 160 Å². The lowest BCUT2D eigenvalue weighted by molar-refractivity contribution is 0.642. The minimum Gasteiger partial charge on any atom is -0.368 e. The Morgan fingerprint density at radius 2 is 1.70 bits per heavy atom. The zero-order valence-electron chi connectivity index (χ0n) is 15.5. The van der Waals surface area contributed by atoms with E-state index in [0.29, 0.717) is 17.1 Å². The van der Waals surface area contributed by atoms with Gasteiger partial charge in [0.2, 0.25) is 5.95 Å². The lowest BCUT2D eigenvalue weighted by Gasteiger charge is -2.36. The first-order valence-corrected chi connectivity index (χ1v) is 9.16. The highest BCUT2D eigenvalue weighted by Gasteiger charge is 2.22.